The Morgan fingerprint density at radius 2 is 2.31 bits per heavy atom. The van der Waals surface area contributed by atoms with Crippen LogP contribution in [0.1, 0.15) is 5.69 Å². The molecule has 0 saturated carbocycles. The molecule has 2 aromatic rings. The van der Waals surface area contributed by atoms with Crippen LogP contribution < -0.4 is 11.1 Å². The topological polar surface area (TPSA) is 68.8 Å². The lowest BCUT2D eigenvalue weighted by molar-refractivity contribution is 0.720. The molecule has 2 aromatic heterocycles. The number of anilines is 2. The van der Waals surface area contributed by atoms with Crippen molar-refractivity contribution in [2.24, 2.45) is 7.05 Å². The van der Waals surface area contributed by atoms with Crippen LogP contribution in [0.25, 0.3) is 0 Å². The van der Waals surface area contributed by atoms with Gasteiger partial charge in [0, 0.05) is 25.0 Å². The summed E-state index contributed by atoms with van der Waals surface area (Å²) in [6.07, 6.45) is 1.75. The van der Waals surface area contributed by atoms with E-state index in [2.05, 4.69) is 15.4 Å². The Balaban J connectivity index is 2.07. The van der Waals surface area contributed by atoms with Crippen LogP contribution >= 0.6 is 11.6 Å². The minimum Gasteiger partial charge on any atom is -0.399 e. The van der Waals surface area contributed by atoms with Gasteiger partial charge in [-0.2, -0.15) is 5.10 Å². The van der Waals surface area contributed by atoms with Gasteiger partial charge in [-0.1, -0.05) is 11.6 Å². The molecule has 0 radical (unpaired) electrons. The summed E-state index contributed by atoms with van der Waals surface area (Å²) in [6, 6.07) is 5.28. The van der Waals surface area contributed by atoms with Crippen LogP contribution in [-0.2, 0) is 13.6 Å². The number of nitrogens with one attached hydrogen (secondary N) is 1. The zero-order chi connectivity index (χ0) is 11.5. The number of rotatable bonds is 3. The highest BCUT2D eigenvalue weighted by Crippen LogP contribution is 2.16. The van der Waals surface area contributed by atoms with E-state index in [1.807, 2.05) is 13.1 Å². The molecule has 0 saturated heterocycles. The molecule has 0 spiro atoms. The highest BCUT2D eigenvalue weighted by Gasteiger charge is 2.01. The number of nitrogens with two attached hydrogens (primary N) is 1. The highest BCUT2D eigenvalue weighted by molar-refractivity contribution is 6.29. The zero-order valence-electron chi connectivity index (χ0n) is 8.81. The molecule has 2 rings (SSSR count). The van der Waals surface area contributed by atoms with Gasteiger partial charge in [-0.3, -0.25) is 4.68 Å². The number of nitrogens with zero attached hydrogens (tertiary/aromatic N) is 3. The van der Waals surface area contributed by atoms with Crippen LogP contribution in [0.15, 0.2) is 24.4 Å². The molecule has 0 aliphatic heterocycles. The third-order valence-electron chi connectivity index (χ3n) is 2.19. The molecule has 0 bridgehead atoms. The van der Waals surface area contributed by atoms with Crippen LogP contribution in [-0.4, -0.2) is 14.8 Å². The largest absolute Gasteiger partial charge is 0.399 e. The molecule has 84 valence electrons. The quantitative estimate of drug-likeness (QED) is 0.797. The average Bonchev–Trinajstić information content (AvgIpc) is 2.59. The van der Waals surface area contributed by atoms with Crippen molar-refractivity contribution in [1.82, 2.24) is 14.8 Å². The van der Waals surface area contributed by atoms with Crippen LogP contribution in [0.5, 0.6) is 0 Å². The minimum atomic E-state index is 0.382. The molecule has 3 N–H and O–H groups in total. The lowest BCUT2D eigenvalue weighted by Crippen LogP contribution is -2.06. The first-order chi connectivity index (χ1) is 7.65. The molecular formula is C10H12ClN5. The van der Waals surface area contributed by atoms with Crippen LogP contribution in [0.3, 0.4) is 0 Å². The highest BCUT2D eigenvalue weighted by atomic mass is 35.5. The van der Waals surface area contributed by atoms with Crippen molar-refractivity contribution in [2.75, 3.05) is 11.1 Å². The number of hydrogen-bond donors (Lipinski definition) is 2. The molecule has 16 heavy (non-hydrogen) atoms. The second kappa shape index (κ2) is 4.40. The Bertz CT molecular complexity index is 473. The summed E-state index contributed by atoms with van der Waals surface area (Å²) in [5.74, 6) is 0.659. The number of halogens is 1. The van der Waals surface area contributed by atoms with Crippen molar-refractivity contribution in [3.8, 4) is 0 Å². The van der Waals surface area contributed by atoms with E-state index < -0.39 is 0 Å². The van der Waals surface area contributed by atoms with Crippen molar-refractivity contribution < 1.29 is 0 Å². The lowest BCUT2D eigenvalue weighted by Gasteiger charge is -2.06. The molecule has 0 unspecified atom stereocenters. The number of nitrogen functional groups attached to an aromatic ring is 1. The van der Waals surface area contributed by atoms with Gasteiger partial charge in [-0.25, -0.2) is 4.98 Å². The van der Waals surface area contributed by atoms with Gasteiger partial charge in [-0.05, 0) is 12.1 Å². The number of aryl methyl sites for hydroxylation is 1. The zero-order valence-corrected chi connectivity index (χ0v) is 9.57. The predicted octanol–water partition coefficient (Wildman–Crippen LogP) is 1.66. The van der Waals surface area contributed by atoms with Crippen molar-refractivity contribution >= 4 is 23.1 Å². The van der Waals surface area contributed by atoms with E-state index in [0.717, 1.165) is 5.69 Å². The molecule has 2 heterocycles. The molecule has 0 atom stereocenters. The van der Waals surface area contributed by atoms with E-state index in [4.69, 9.17) is 17.3 Å². The fourth-order valence-electron chi connectivity index (χ4n) is 1.36. The van der Waals surface area contributed by atoms with Crippen molar-refractivity contribution in [3.63, 3.8) is 0 Å². The molecule has 0 fully saturated rings. The maximum atomic E-state index is 5.79. The first kappa shape index (κ1) is 10.8. The van der Waals surface area contributed by atoms with Gasteiger partial charge in [0.15, 0.2) is 0 Å². The Hall–Kier alpha value is -1.75. The Morgan fingerprint density at radius 1 is 1.50 bits per heavy atom. The fraction of sp³-hybridized carbons (Fsp3) is 0.200. The summed E-state index contributed by atoms with van der Waals surface area (Å²) in [7, 11) is 1.89. The Kier molecular flexibility index (Phi) is 2.96. The second-order valence-electron chi connectivity index (χ2n) is 3.41. The molecule has 0 aliphatic carbocycles. The van der Waals surface area contributed by atoms with Crippen LogP contribution in [0, 0.1) is 0 Å². The smallest absolute Gasteiger partial charge is 0.133 e. The summed E-state index contributed by atoms with van der Waals surface area (Å²) < 4.78 is 1.79. The molecule has 0 amide bonds. The maximum Gasteiger partial charge on any atom is 0.133 e. The van der Waals surface area contributed by atoms with E-state index in [-0.39, 0.29) is 0 Å². The van der Waals surface area contributed by atoms with Gasteiger partial charge in [0.1, 0.15) is 11.0 Å². The van der Waals surface area contributed by atoms with Gasteiger partial charge in [0.05, 0.1) is 12.2 Å². The second-order valence-corrected chi connectivity index (χ2v) is 3.80. The van der Waals surface area contributed by atoms with E-state index in [0.29, 0.717) is 23.2 Å². The average molecular weight is 238 g/mol. The van der Waals surface area contributed by atoms with Crippen molar-refractivity contribution in [2.45, 2.75) is 6.54 Å². The Labute approximate surface area is 98.2 Å². The third kappa shape index (κ3) is 2.43. The minimum absolute atomic E-state index is 0.382. The van der Waals surface area contributed by atoms with Gasteiger partial charge in [0.2, 0.25) is 0 Å². The standard InChI is InChI=1S/C10H12ClN5/c1-16-8(2-3-14-16)6-13-10-5-7(12)4-9(11)15-10/h2-5H,6H2,1H3,(H3,12,13,15). The molecule has 0 aliphatic rings. The summed E-state index contributed by atoms with van der Waals surface area (Å²) in [5.41, 5.74) is 7.30. The summed E-state index contributed by atoms with van der Waals surface area (Å²) in [6.45, 7) is 0.628. The lowest BCUT2D eigenvalue weighted by atomic mass is 10.4. The predicted molar refractivity (Wildman–Crippen MR) is 64.2 cm³/mol. The maximum absolute atomic E-state index is 5.79. The van der Waals surface area contributed by atoms with Crippen LogP contribution in [0.4, 0.5) is 11.5 Å². The van der Waals surface area contributed by atoms with E-state index in [1.165, 1.54) is 0 Å². The number of aromatic nitrogens is 3. The molecule has 0 aromatic carbocycles. The summed E-state index contributed by atoms with van der Waals surface area (Å²) in [4.78, 5) is 4.11. The van der Waals surface area contributed by atoms with E-state index in [1.54, 1.807) is 23.0 Å². The first-order valence-corrected chi connectivity index (χ1v) is 5.17. The normalized spacial score (nSPS) is 10.4. The van der Waals surface area contributed by atoms with Crippen molar-refractivity contribution in [3.05, 3.63) is 35.2 Å². The monoisotopic (exact) mass is 237 g/mol. The molecule has 5 nitrogen and oxygen atoms in total. The molecular weight excluding hydrogens is 226 g/mol. The van der Waals surface area contributed by atoms with Gasteiger partial charge in [0.25, 0.3) is 0 Å². The van der Waals surface area contributed by atoms with E-state index >= 15 is 0 Å². The van der Waals surface area contributed by atoms with Gasteiger partial charge < -0.3 is 11.1 Å². The summed E-state index contributed by atoms with van der Waals surface area (Å²) >= 11 is 5.79. The number of pyridine rings is 1. The van der Waals surface area contributed by atoms with Crippen molar-refractivity contribution in [1.29, 1.82) is 0 Å². The van der Waals surface area contributed by atoms with Gasteiger partial charge >= 0.3 is 0 Å². The first-order valence-electron chi connectivity index (χ1n) is 4.79. The SMILES string of the molecule is Cn1nccc1CNc1cc(N)cc(Cl)n1. The number of hydrogen-bond acceptors (Lipinski definition) is 4. The van der Waals surface area contributed by atoms with Gasteiger partial charge in [-0.15, -0.1) is 0 Å². The van der Waals surface area contributed by atoms with Crippen LogP contribution in [0.2, 0.25) is 5.15 Å². The Morgan fingerprint density at radius 3 is 2.94 bits per heavy atom. The summed E-state index contributed by atoms with van der Waals surface area (Å²) in [5, 5.41) is 7.58. The van der Waals surface area contributed by atoms with E-state index in [9.17, 15) is 0 Å². The third-order valence-corrected chi connectivity index (χ3v) is 2.38. The fourth-order valence-corrected chi connectivity index (χ4v) is 1.58. The molecule has 6 heteroatoms.